The molecule has 0 aromatic heterocycles. The molecule has 1 aromatic carbocycles. The van der Waals surface area contributed by atoms with Crippen LogP contribution in [0.3, 0.4) is 0 Å². The molecule has 0 saturated carbocycles. The molecule has 0 radical (unpaired) electrons. The van der Waals surface area contributed by atoms with Crippen LogP contribution in [0.25, 0.3) is 0 Å². The number of rotatable bonds is 5. The van der Waals surface area contributed by atoms with E-state index in [1.165, 1.54) is 12.1 Å². The van der Waals surface area contributed by atoms with Crippen LogP contribution >= 0.6 is 0 Å². The SMILES string of the molecule is CC(CC(N)=NO)NC(=O)Cc1ccc(F)cc1. The summed E-state index contributed by atoms with van der Waals surface area (Å²) in [5.41, 5.74) is 6.05. The molecule has 0 aliphatic carbocycles. The topological polar surface area (TPSA) is 87.7 Å². The molecular weight excluding hydrogens is 237 g/mol. The van der Waals surface area contributed by atoms with Crippen LogP contribution in [0.4, 0.5) is 4.39 Å². The lowest BCUT2D eigenvalue weighted by Gasteiger charge is -2.12. The summed E-state index contributed by atoms with van der Waals surface area (Å²) in [4.78, 5) is 11.6. The molecule has 1 rings (SSSR count). The molecule has 98 valence electrons. The van der Waals surface area contributed by atoms with Gasteiger partial charge in [-0.2, -0.15) is 0 Å². The van der Waals surface area contributed by atoms with E-state index in [-0.39, 0.29) is 36.4 Å². The number of nitrogens with one attached hydrogen (secondary N) is 1. The predicted octanol–water partition coefficient (Wildman–Crippen LogP) is 1.01. The van der Waals surface area contributed by atoms with Crippen molar-refractivity contribution in [2.75, 3.05) is 0 Å². The van der Waals surface area contributed by atoms with Crippen molar-refractivity contribution in [3.8, 4) is 0 Å². The highest BCUT2D eigenvalue weighted by molar-refractivity contribution is 5.82. The van der Waals surface area contributed by atoms with Gasteiger partial charge < -0.3 is 16.3 Å². The summed E-state index contributed by atoms with van der Waals surface area (Å²) in [6.45, 7) is 1.75. The van der Waals surface area contributed by atoms with Gasteiger partial charge in [0.1, 0.15) is 11.7 Å². The van der Waals surface area contributed by atoms with Gasteiger partial charge in [0.25, 0.3) is 0 Å². The van der Waals surface area contributed by atoms with Gasteiger partial charge in [0.05, 0.1) is 6.42 Å². The second-order valence-corrected chi connectivity index (χ2v) is 4.07. The molecule has 0 fully saturated rings. The van der Waals surface area contributed by atoms with Gasteiger partial charge in [-0.25, -0.2) is 4.39 Å². The van der Waals surface area contributed by atoms with Crippen molar-refractivity contribution in [3.05, 3.63) is 35.6 Å². The Hall–Kier alpha value is -2.11. The summed E-state index contributed by atoms with van der Waals surface area (Å²) in [6, 6.07) is 5.51. The highest BCUT2D eigenvalue weighted by Crippen LogP contribution is 2.03. The maximum Gasteiger partial charge on any atom is 0.224 e. The maximum atomic E-state index is 12.7. The molecule has 1 atom stereocenters. The summed E-state index contributed by atoms with van der Waals surface area (Å²) in [5, 5.41) is 13.9. The minimum absolute atomic E-state index is 0.0598. The van der Waals surface area contributed by atoms with Crippen molar-refractivity contribution >= 4 is 11.7 Å². The normalized spacial score (nSPS) is 13.1. The molecule has 0 aliphatic heterocycles. The molecule has 1 unspecified atom stereocenters. The molecule has 0 heterocycles. The number of halogens is 1. The molecule has 1 aromatic rings. The van der Waals surface area contributed by atoms with E-state index in [2.05, 4.69) is 10.5 Å². The number of benzene rings is 1. The van der Waals surface area contributed by atoms with Crippen LogP contribution in [0.1, 0.15) is 18.9 Å². The van der Waals surface area contributed by atoms with Crippen molar-refractivity contribution < 1.29 is 14.4 Å². The van der Waals surface area contributed by atoms with Gasteiger partial charge in [0, 0.05) is 12.5 Å². The van der Waals surface area contributed by atoms with Gasteiger partial charge >= 0.3 is 0 Å². The fraction of sp³-hybridized carbons (Fsp3) is 0.333. The van der Waals surface area contributed by atoms with Gasteiger partial charge in [0.2, 0.25) is 5.91 Å². The number of amides is 1. The summed E-state index contributed by atoms with van der Waals surface area (Å²) in [7, 11) is 0. The number of carbonyl (C=O) groups is 1. The Kier molecular flexibility index (Phi) is 5.10. The molecule has 0 aliphatic rings. The van der Waals surface area contributed by atoms with E-state index in [4.69, 9.17) is 10.9 Å². The lowest BCUT2D eigenvalue weighted by atomic mass is 10.1. The Balaban J connectivity index is 2.44. The third-order valence-corrected chi connectivity index (χ3v) is 2.33. The van der Waals surface area contributed by atoms with E-state index in [1.54, 1.807) is 19.1 Å². The lowest BCUT2D eigenvalue weighted by Crippen LogP contribution is -2.36. The second-order valence-electron chi connectivity index (χ2n) is 4.07. The van der Waals surface area contributed by atoms with Crippen LogP contribution in [0.15, 0.2) is 29.4 Å². The average molecular weight is 253 g/mol. The fourth-order valence-corrected chi connectivity index (χ4v) is 1.52. The monoisotopic (exact) mass is 253 g/mol. The van der Waals surface area contributed by atoms with E-state index in [0.717, 1.165) is 5.56 Å². The van der Waals surface area contributed by atoms with E-state index >= 15 is 0 Å². The Bertz CT molecular complexity index is 431. The largest absolute Gasteiger partial charge is 0.409 e. The zero-order valence-electron chi connectivity index (χ0n) is 10.1. The van der Waals surface area contributed by atoms with Crippen LogP contribution in [-0.2, 0) is 11.2 Å². The number of nitrogens with zero attached hydrogens (tertiary/aromatic N) is 1. The molecule has 1 amide bonds. The molecule has 5 nitrogen and oxygen atoms in total. The summed E-state index contributed by atoms with van der Waals surface area (Å²) in [5.74, 6) is -0.469. The van der Waals surface area contributed by atoms with E-state index in [1.807, 2.05) is 0 Å². The highest BCUT2D eigenvalue weighted by Gasteiger charge is 2.09. The highest BCUT2D eigenvalue weighted by atomic mass is 19.1. The van der Waals surface area contributed by atoms with Crippen LogP contribution in [0.2, 0.25) is 0 Å². The van der Waals surface area contributed by atoms with Gasteiger partial charge in [-0.1, -0.05) is 17.3 Å². The number of oxime groups is 1. The second kappa shape index (κ2) is 6.58. The average Bonchev–Trinajstić information content (AvgIpc) is 2.31. The van der Waals surface area contributed by atoms with Crippen LogP contribution in [0, 0.1) is 5.82 Å². The number of nitrogens with two attached hydrogens (primary N) is 1. The molecule has 6 heteroatoms. The quantitative estimate of drug-likeness (QED) is 0.317. The first-order chi connectivity index (χ1) is 8.51. The van der Waals surface area contributed by atoms with Crippen molar-refractivity contribution in [2.45, 2.75) is 25.8 Å². The minimum Gasteiger partial charge on any atom is -0.409 e. The van der Waals surface area contributed by atoms with E-state index in [0.29, 0.717) is 0 Å². The minimum atomic E-state index is -0.334. The predicted molar refractivity (Wildman–Crippen MR) is 65.7 cm³/mol. The summed E-state index contributed by atoms with van der Waals surface area (Å²) < 4.78 is 12.7. The summed E-state index contributed by atoms with van der Waals surface area (Å²) >= 11 is 0. The van der Waals surface area contributed by atoms with E-state index < -0.39 is 0 Å². The molecule has 0 spiro atoms. The van der Waals surface area contributed by atoms with Gasteiger partial charge in [-0.15, -0.1) is 0 Å². The number of hydrogen-bond acceptors (Lipinski definition) is 3. The van der Waals surface area contributed by atoms with Crippen LogP contribution in [0.5, 0.6) is 0 Å². The number of carbonyl (C=O) groups excluding carboxylic acids is 1. The molecular formula is C12H16FN3O2. The third-order valence-electron chi connectivity index (χ3n) is 2.33. The first kappa shape index (κ1) is 14.0. The Morgan fingerprint density at radius 2 is 2.11 bits per heavy atom. The van der Waals surface area contributed by atoms with Gasteiger partial charge in [0.15, 0.2) is 0 Å². The standard InChI is InChI=1S/C12H16FN3O2/c1-8(6-11(14)16-18)15-12(17)7-9-2-4-10(13)5-3-9/h2-5,8,18H,6-7H2,1H3,(H2,14,16)(H,15,17). The third kappa shape index (κ3) is 4.82. The Morgan fingerprint density at radius 1 is 1.50 bits per heavy atom. The number of hydrogen-bond donors (Lipinski definition) is 3. The lowest BCUT2D eigenvalue weighted by molar-refractivity contribution is -0.121. The fourth-order valence-electron chi connectivity index (χ4n) is 1.52. The van der Waals surface area contributed by atoms with Crippen molar-refractivity contribution in [2.24, 2.45) is 10.9 Å². The molecule has 0 saturated heterocycles. The molecule has 4 N–H and O–H groups in total. The number of amidine groups is 1. The molecule has 0 bridgehead atoms. The first-order valence-corrected chi connectivity index (χ1v) is 5.51. The zero-order valence-corrected chi connectivity index (χ0v) is 10.1. The maximum absolute atomic E-state index is 12.7. The van der Waals surface area contributed by atoms with Crippen molar-refractivity contribution in [1.82, 2.24) is 5.32 Å². The van der Waals surface area contributed by atoms with Crippen LogP contribution in [-0.4, -0.2) is 23.0 Å². The van der Waals surface area contributed by atoms with Gasteiger partial charge in [-0.05, 0) is 24.6 Å². The molecule has 18 heavy (non-hydrogen) atoms. The zero-order chi connectivity index (χ0) is 13.5. The van der Waals surface area contributed by atoms with Crippen molar-refractivity contribution in [3.63, 3.8) is 0 Å². The van der Waals surface area contributed by atoms with Gasteiger partial charge in [-0.3, -0.25) is 4.79 Å². The Morgan fingerprint density at radius 3 is 2.67 bits per heavy atom. The summed E-state index contributed by atoms with van der Waals surface area (Å²) in [6.07, 6.45) is 0.437. The first-order valence-electron chi connectivity index (χ1n) is 5.51. The van der Waals surface area contributed by atoms with Crippen molar-refractivity contribution in [1.29, 1.82) is 0 Å². The Labute approximate surface area is 104 Å². The van der Waals surface area contributed by atoms with E-state index in [9.17, 15) is 9.18 Å². The van der Waals surface area contributed by atoms with Crippen LogP contribution < -0.4 is 11.1 Å². The smallest absolute Gasteiger partial charge is 0.224 e.